The summed E-state index contributed by atoms with van der Waals surface area (Å²) in [5.74, 6) is -2.03. The quantitative estimate of drug-likeness (QED) is 0.364. The number of Topliss-reactive ketones (excluding diaryl/α,β-unsaturated/α-hetero) is 1. The second-order valence-electron chi connectivity index (χ2n) is 2.84. The normalized spacial score (nSPS) is 11.6. The smallest absolute Gasteiger partial charge is 0.316 e. The third-order valence-electron chi connectivity index (χ3n) is 1.60. The monoisotopic (exact) mass is 202 g/mol. The van der Waals surface area contributed by atoms with Crippen molar-refractivity contribution in [3.63, 3.8) is 0 Å². The lowest BCUT2D eigenvalue weighted by molar-refractivity contribution is -0.155. The fourth-order valence-electron chi connectivity index (χ4n) is 0.619. The van der Waals surface area contributed by atoms with Crippen molar-refractivity contribution in [1.82, 2.24) is 0 Å². The summed E-state index contributed by atoms with van der Waals surface area (Å²) in [6.45, 7) is 4.05. The van der Waals surface area contributed by atoms with Crippen LogP contribution in [-0.4, -0.2) is 30.9 Å². The molecule has 1 unspecified atom stereocenters. The van der Waals surface area contributed by atoms with Gasteiger partial charge in [0.1, 0.15) is 24.9 Å². The van der Waals surface area contributed by atoms with E-state index in [1.54, 1.807) is 0 Å². The number of ketones is 1. The first-order valence-electron chi connectivity index (χ1n) is 4.25. The van der Waals surface area contributed by atoms with Crippen molar-refractivity contribution >= 4 is 17.7 Å². The maximum atomic E-state index is 11.0. The summed E-state index contributed by atoms with van der Waals surface area (Å²) in [7, 11) is 0. The summed E-state index contributed by atoms with van der Waals surface area (Å²) < 4.78 is 9.21. The molecule has 0 fully saturated rings. The molecule has 5 heteroatoms. The number of hydrogen-bond donors (Lipinski definition) is 0. The Balaban J connectivity index is 3.64. The van der Waals surface area contributed by atoms with Crippen LogP contribution in [0.1, 0.15) is 20.8 Å². The average molecular weight is 202 g/mol. The van der Waals surface area contributed by atoms with Gasteiger partial charge in [-0.25, -0.2) is 0 Å². The molecule has 0 saturated heterocycles. The number of carbonyl (C=O) groups is 3. The van der Waals surface area contributed by atoms with Gasteiger partial charge in [-0.3, -0.25) is 14.4 Å². The Labute approximate surface area is 82.4 Å². The van der Waals surface area contributed by atoms with Crippen LogP contribution in [0.5, 0.6) is 0 Å². The van der Waals surface area contributed by atoms with Gasteiger partial charge in [0, 0.05) is 6.92 Å². The Morgan fingerprint density at radius 2 is 1.57 bits per heavy atom. The number of hydrogen-bond acceptors (Lipinski definition) is 5. The lowest BCUT2D eigenvalue weighted by Gasteiger charge is -2.08. The standard InChI is InChI=1S/C9H14O5/c1-6(7(2)10)9(12)14-5-4-13-8(3)11/h6H,4-5H2,1-3H3. The zero-order chi connectivity index (χ0) is 11.1. The van der Waals surface area contributed by atoms with Crippen LogP contribution in [0.2, 0.25) is 0 Å². The van der Waals surface area contributed by atoms with E-state index in [9.17, 15) is 14.4 Å². The molecule has 0 aromatic rings. The Hall–Kier alpha value is -1.39. The third-order valence-corrected chi connectivity index (χ3v) is 1.60. The van der Waals surface area contributed by atoms with E-state index in [0.29, 0.717) is 0 Å². The molecule has 0 saturated carbocycles. The number of carbonyl (C=O) groups excluding carboxylic acids is 3. The van der Waals surface area contributed by atoms with Crippen molar-refractivity contribution in [2.75, 3.05) is 13.2 Å². The summed E-state index contributed by atoms with van der Waals surface area (Å²) in [6.07, 6.45) is 0. The van der Waals surface area contributed by atoms with E-state index < -0.39 is 17.9 Å². The van der Waals surface area contributed by atoms with Gasteiger partial charge in [0.05, 0.1) is 0 Å². The lowest BCUT2D eigenvalue weighted by atomic mass is 10.1. The van der Waals surface area contributed by atoms with Gasteiger partial charge in [-0.05, 0) is 13.8 Å². The molecule has 0 radical (unpaired) electrons. The highest BCUT2D eigenvalue weighted by atomic mass is 16.6. The first kappa shape index (κ1) is 12.6. The third kappa shape index (κ3) is 5.29. The fourth-order valence-corrected chi connectivity index (χ4v) is 0.619. The lowest BCUT2D eigenvalue weighted by Crippen LogP contribution is -2.23. The van der Waals surface area contributed by atoms with E-state index in [0.717, 1.165) is 0 Å². The molecule has 0 aromatic carbocycles. The van der Waals surface area contributed by atoms with Crippen molar-refractivity contribution in [2.45, 2.75) is 20.8 Å². The topological polar surface area (TPSA) is 69.7 Å². The molecule has 0 heterocycles. The number of esters is 2. The minimum atomic E-state index is -0.757. The molecule has 14 heavy (non-hydrogen) atoms. The predicted octanol–water partition coefficient (Wildman–Crippen LogP) is 0.318. The molecule has 1 atom stereocenters. The molecule has 0 aromatic heterocycles. The Bertz CT molecular complexity index is 233. The second kappa shape index (κ2) is 6.12. The maximum absolute atomic E-state index is 11.0. The molecule has 0 aliphatic heterocycles. The highest BCUT2D eigenvalue weighted by Crippen LogP contribution is 1.99. The molecule has 0 bridgehead atoms. The summed E-state index contributed by atoms with van der Waals surface area (Å²) in [5, 5.41) is 0. The SMILES string of the molecule is CC(=O)OCCOC(=O)C(C)C(C)=O. The summed E-state index contributed by atoms with van der Waals surface area (Å²) in [5.41, 5.74) is 0. The van der Waals surface area contributed by atoms with E-state index in [2.05, 4.69) is 9.47 Å². The summed E-state index contributed by atoms with van der Waals surface area (Å²) in [6, 6.07) is 0. The molecule has 0 spiro atoms. The van der Waals surface area contributed by atoms with Crippen LogP contribution >= 0.6 is 0 Å². The first-order valence-corrected chi connectivity index (χ1v) is 4.25. The van der Waals surface area contributed by atoms with E-state index in [1.165, 1.54) is 20.8 Å². The average Bonchev–Trinajstić information content (AvgIpc) is 2.10. The van der Waals surface area contributed by atoms with Gasteiger partial charge in [0.15, 0.2) is 0 Å². The van der Waals surface area contributed by atoms with E-state index in [-0.39, 0.29) is 19.0 Å². The minimum absolute atomic E-state index is 0.0178. The van der Waals surface area contributed by atoms with Crippen molar-refractivity contribution in [3.05, 3.63) is 0 Å². The molecule has 0 aliphatic carbocycles. The van der Waals surface area contributed by atoms with Gasteiger partial charge < -0.3 is 9.47 Å². The van der Waals surface area contributed by atoms with Crippen LogP contribution < -0.4 is 0 Å². The number of rotatable bonds is 5. The second-order valence-corrected chi connectivity index (χ2v) is 2.84. The molecule has 80 valence electrons. The van der Waals surface area contributed by atoms with Crippen LogP contribution in [0.25, 0.3) is 0 Å². The largest absolute Gasteiger partial charge is 0.462 e. The molecular formula is C9H14O5. The van der Waals surface area contributed by atoms with E-state index in [4.69, 9.17) is 0 Å². The van der Waals surface area contributed by atoms with Gasteiger partial charge >= 0.3 is 11.9 Å². The Morgan fingerprint density at radius 1 is 1.07 bits per heavy atom. The van der Waals surface area contributed by atoms with Gasteiger partial charge in [0.2, 0.25) is 0 Å². The van der Waals surface area contributed by atoms with E-state index in [1.807, 2.05) is 0 Å². The zero-order valence-electron chi connectivity index (χ0n) is 8.53. The zero-order valence-corrected chi connectivity index (χ0v) is 8.53. The molecule has 0 N–H and O–H groups in total. The van der Waals surface area contributed by atoms with Gasteiger partial charge in [-0.1, -0.05) is 0 Å². The number of ether oxygens (including phenoxy) is 2. The highest BCUT2D eigenvalue weighted by Gasteiger charge is 2.18. The molecule has 0 amide bonds. The van der Waals surface area contributed by atoms with Crippen LogP contribution in [0, 0.1) is 5.92 Å². The maximum Gasteiger partial charge on any atom is 0.316 e. The molecule has 0 rings (SSSR count). The fraction of sp³-hybridized carbons (Fsp3) is 0.667. The summed E-state index contributed by atoms with van der Waals surface area (Å²) >= 11 is 0. The van der Waals surface area contributed by atoms with Crippen molar-refractivity contribution in [3.8, 4) is 0 Å². The Morgan fingerprint density at radius 3 is 2.00 bits per heavy atom. The van der Waals surface area contributed by atoms with Crippen molar-refractivity contribution in [2.24, 2.45) is 5.92 Å². The first-order chi connectivity index (χ1) is 6.45. The molecule has 0 aliphatic rings. The van der Waals surface area contributed by atoms with Crippen LogP contribution in [0.15, 0.2) is 0 Å². The Kier molecular flexibility index (Phi) is 5.52. The molecular weight excluding hydrogens is 188 g/mol. The van der Waals surface area contributed by atoms with Crippen LogP contribution in [0.3, 0.4) is 0 Å². The van der Waals surface area contributed by atoms with Crippen LogP contribution in [-0.2, 0) is 23.9 Å². The van der Waals surface area contributed by atoms with Gasteiger partial charge in [-0.2, -0.15) is 0 Å². The van der Waals surface area contributed by atoms with Gasteiger partial charge in [0.25, 0.3) is 0 Å². The van der Waals surface area contributed by atoms with E-state index >= 15 is 0 Å². The van der Waals surface area contributed by atoms with Crippen molar-refractivity contribution in [1.29, 1.82) is 0 Å². The highest BCUT2D eigenvalue weighted by molar-refractivity contribution is 5.97. The molecule has 5 nitrogen and oxygen atoms in total. The van der Waals surface area contributed by atoms with Crippen molar-refractivity contribution < 1.29 is 23.9 Å². The van der Waals surface area contributed by atoms with Crippen LogP contribution in [0.4, 0.5) is 0 Å². The predicted molar refractivity (Wildman–Crippen MR) is 47.4 cm³/mol. The van der Waals surface area contributed by atoms with Gasteiger partial charge in [-0.15, -0.1) is 0 Å². The minimum Gasteiger partial charge on any atom is -0.462 e. The summed E-state index contributed by atoms with van der Waals surface area (Å²) in [4.78, 5) is 32.1.